The highest BCUT2D eigenvalue weighted by molar-refractivity contribution is 8.26. The van der Waals surface area contributed by atoms with Crippen molar-refractivity contribution in [3.05, 3.63) is 75.1 Å². The average molecular weight is 533 g/mol. The number of carbonyl (C=O) groups is 2. The van der Waals surface area contributed by atoms with E-state index in [0.717, 1.165) is 15.7 Å². The summed E-state index contributed by atoms with van der Waals surface area (Å²) in [5.74, 6) is 0.0753. The predicted molar refractivity (Wildman–Crippen MR) is 141 cm³/mol. The molecule has 4 rings (SSSR count). The number of amides is 2. The van der Waals surface area contributed by atoms with Crippen LogP contribution in [0.4, 0.5) is 5.13 Å². The first-order valence-corrected chi connectivity index (χ1v) is 13.1. The Kier molecular flexibility index (Phi) is 7.82. The van der Waals surface area contributed by atoms with E-state index in [1.54, 1.807) is 30.0 Å². The molecule has 0 radical (unpaired) electrons. The molecular formula is C22H17ClN4O2S4. The maximum absolute atomic E-state index is 12.7. The standard InChI is InChI=1S/C22H17ClN4O2S4/c1-13-2-4-15(5-3-13)12-31-21-26-25-20(33-21)24-18(28)11-27-19(29)17(32-22(27)30)10-14-6-8-16(23)9-7-14/h2-10H,11-12H2,1H3,(H,24,25,28)/b17-10-. The quantitative estimate of drug-likeness (QED) is 0.183. The van der Waals surface area contributed by atoms with Crippen LogP contribution in [0.2, 0.25) is 5.02 Å². The summed E-state index contributed by atoms with van der Waals surface area (Å²) in [4.78, 5) is 27.0. The monoisotopic (exact) mass is 532 g/mol. The smallest absolute Gasteiger partial charge is 0.266 e. The fourth-order valence-electron chi connectivity index (χ4n) is 2.80. The van der Waals surface area contributed by atoms with Gasteiger partial charge in [-0.2, -0.15) is 0 Å². The van der Waals surface area contributed by atoms with Gasteiger partial charge in [0.05, 0.1) is 4.91 Å². The molecule has 1 aliphatic rings. The van der Waals surface area contributed by atoms with Gasteiger partial charge in [0.15, 0.2) is 4.34 Å². The summed E-state index contributed by atoms with van der Waals surface area (Å²) in [6.07, 6.45) is 1.73. The van der Waals surface area contributed by atoms with Crippen molar-refractivity contribution in [1.82, 2.24) is 15.1 Å². The minimum Gasteiger partial charge on any atom is -0.299 e. The van der Waals surface area contributed by atoms with Crippen molar-refractivity contribution < 1.29 is 9.59 Å². The van der Waals surface area contributed by atoms with Crippen LogP contribution in [-0.2, 0) is 15.3 Å². The van der Waals surface area contributed by atoms with E-state index in [1.807, 2.05) is 12.1 Å². The lowest BCUT2D eigenvalue weighted by Crippen LogP contribution is -2.36. The van der Waals surface area contributed by atoms with Gasteiger partial charge in [0.1, 0.15) is 10.9 Å². The van der Waals surface area contributed by atoms with Crippen LogP contribution in [0.25, 0.3) is 6.08 Å². The second kappa shape index (κ2) is 10.8. The number of anilines is 1. The lowest BCUT2D eigenvalue weighted by atomic mass is 10.2. The number of benzene rings is 2. The molecule has 1 saturated heterocycles. The van der Waals surface area contributed by atoms with Crippen LogP contribution >= 0.6 is 58.7 Å². The van der Waals surface area contributed by atoms with Gasteiger partial charge in [0.25, 0.3) is 5.91 Å². The van der Waals surface area contributed by atoms with E-state index in [1.165, 1.54) is 39.1 Å². The van der Waals surface area contributed by atoms with Crippen molar-refractivity contribution in [1.29, 1.82) is 0 Å². The summed E-state index contributed by atoms with van der Waals surface area (Å²) in [5, 5.41) is 11.8. The molecule has 168 valence electrons. The van der Waals surface area contributed by atoms with Gasteiger partial charge in [0, 0.05) is 10.8 Å². The van der Waals surface area contributed by atoms with Crippen LogP contribution in [0.1, 0.15) is 16.7 Å². The molecule has 11 heteroatoms. The lowest BCUT2D eigenvalue weighted by Gasteiger charge is -2.13. The molecule has 1 fully saturated rings. The SMILES string of the molecule is Cc1ccc(CSc2nnc(NC(=O)CN3C(=O)/C(=C/c4ccc(Cl)cc4)SC3=S)s2)cc1. The van der Waals surface area contributed by atoms with E-state index < -0.39 is 0 Å². The Hall–Kier alpha value is -2.24. The number of aryl methyl sites for hydroxylation is 1. The maximum atomic E-state index is 12.7. The number of nitrogens with zero attached hydrogens (tertiary/aromatic N) is 3. The number of halogens is 1. The molecule has 2 aromatic carbocycles. The summed E-state index contributed by atoms with van der Waals surface area (Å²) >= 11 is 15.2. The van der Waals surface area contributed by atoms with Crippen LogP contribution in [0.5, 0.6) is 0 Å². The molecule has 0 unspecified atom stereocenters. The molecule has 1 aliphatic heterocycles. The molecule has 0 aliphatic carbocycles. The zero-order valence-electron chi connectivity index (χ0n) is 17.3. The molecule has 6 nitrogen and oxygen atoms in total. The van der Waals surface area contributed by atoms with E-state index in [9.17, 15) is 9.59 Å². The Morgan fingerprint density at radius 3 is 2.64 bits per heavy atom. The van der Waals surface area contributed by atoms with Gasteiger partial charge in [0.2, 0.25) is 11.0 Å². The number of rotatable bonds is 7. The third-order valence-corrected chi connectivity index (χ3v) is 8.15. The summed E-state index contributed by atoms with van der Waals surface area (Å²) in [7, 11) is 0. The van der Waals surface area contributed by atoms with E-state index in [4.69, 9.17) is 23.8 Å². The normalized spacial score (nSPS) is 14.8. The van der Waals surface area contributed by atoms with Crippen molar-refractivity contribution >= 4 is 86.0 Å². The summed E-state index contributed by atoms with van der Waals surface area (Å²) in [6, 6.07) is 15.4. The molecular weight excluding hydrogens is 516 g/mol. The van der Waals surface area contributed by atoms with Crippen LogP contribution in [-0.4, -0.2) is 37.8 Å². The number of hydrogen-bond acceptors (Lipinski definition) is 8. The first-order chi connectivity index (χ1) is 15.9. The Balaban J connectivity index is 1.32. The van der Waals surface area contributed by atoms with Crippen molar-refractivity contribution in [3.8, 4) is 0 Å². The zero-order chi connectivity index (χ0) is 23.4. The molecule has 1 aromatic heterocycles. The third kappa shape index (κ3) is 6.42. The first-order valence-electron chi connectivity index (χ1n) is 9.70. The second-order valence-corrected chi connectivity index (χ2v) is 11.3. The second-order valence-electron chi connectivity index (χ2n) is 7.01. The molecule has 0 spiro atoms. The number of aromatic nitrogens is 2. The lowest BCUT2D eigenvalue weighted by molar-refractivity contribution is -0.126. The van der Waals surface area contributed by atoms with Gasteiger partial charge in [-0.15, -0.1) is 10.2 Å². The first kappa shape index (κ1) is 23.9. The highest BCUT2D eigenvalue weighted by Gasteiger charge is 2.33. The summed E-state index contributed by atoms with van der Waals surface area (Å²) in [6.45, 7) is 1.86. The largest absolute Gasteiger partial charge is 0.299 e. The molecule has 33 heavy (non-hydrogen) atoms. The minimum atomic E-state index is -0.384. The molecule has 0 bridgehead atoms. The highest BCUT2D eigenvalue weighted by atomic mass is 35.5. The summed E-state index contributed by atoms with van der Waals surface area (Å²) in [5.41, 5.74) is 3.23. The fraction of sp³-hybridized carbons (Fsp3) is 0.136. The topological polar surface area (TPSA) is 75.2 Å². The number of carbonyl (C=O) groups excluding carboxylic acids is 2. The van der Waals surface area contributed by atoms with Gasteiger partial charge >= 0.3 is 0 Å². The number of nitrogens with one attached hydrogen (secondary N) is 1. The van der Waals surface area contributed by atoms with Gasteiger partial charge in [-0.05, 0) is 36.3 Å². The fourth-order valence-corrected chi connectivity index (χ4v) is 5.90. The molecule has 0 saturated carbocycles. The van der Waals surface area contributed by atoms with E-state index in [-0.39, 0.29) is 18.4 Å². The number of thiocarbonyl (C=S) groups is 1. The van der Waals surface area contributed by atoms with E-state index >= 15 is 0 Å². The van der Waals surface area contributed by atoms with Crippen LogP contribution in [0, 0.1) is 6.92 Å². The minimum absolute atomic E-state index is 0.186. The van der Waals surface area contributed by atoms with Gasteiger partial charge in [-0.25, -0.2) is 0 Å². The van der Waals surface area contributed by atoms with Crippen LogP contribution in [0.3, 0.4) is 0 Å². The molecule has 2 amide bonds. The number of thioether (sulfide) groups is 2. The Morgan fingerprint density at radius 2 is 1.91 bits per heavy atom. The van der Waals surface area contributed by atoms with Crippen LogP contribution in [0.15, 0.2) is 57.8 Å². The van der Waals surface area contributed by atoms with Gasteiger partial charge in [-0.1, -0.05) is 101 Å². The van der Waals surface area contributed by atoms with Crippen molar-refractivity contribution in [2.24, 2.45) is 0 Å². The summed E-state index contributed by atoms with van der Waals surface area (Å²) < 4.78 is 1.09. The molecule has 0 atom stereocenters. The molecule has 3 aromatic rings. The average Bonchev–Trinajstić information content (AvgIpc) is 3.34. The Morgan fingerprint density at radius 1 is 1.18 bits per heavy atom. The third-order valence-electron chi connectivity index (χ3n) is 4.48. The zero-order valence-corrected chi connectivity index (χ0v) is 21.3. The van der Waals surface area contributed by atoms with Crippen LogP contribution < -0.4 is 5.32 Å². The number of hydrogen-bond donors (Lipinski definition) is 1. The van der Waals surface area contributed by atoms with Crippen molar-refractivity contribution in [2.45, 2.75) is 17.0 Å². The van der Waals surface area contributed by atoms with Crippen molar-refractivity contribution in [3.63, 3.8) is 0 Å². The van der Waals surface area contributed by atoms with E-state index in [2.05, 4.69) is 46.7 Å². The predicted octanol–water partition coefficient (Wildman–Crippen LogP) is 5.63. The van der Waals surface area contributed by atoms with Gasteiger partial charge < -0.3 is 0 Å². The molecule has 1 N–H and O–H groups in total. The van der Waals surface area contributed by atoms with Crippen molar-refractivity contribution in [2.75, 3.05) is 11.9 Å². The highest BCUT2D eigenvalue weighted by Crippen LogP contribution is 2.33. The molecule has 2 heterocycles. The Bertz CT molecular complexity index is 1230. The van der Waals surface area contributed by atoms with Gasteiger partial charge in [-0.3, -0.25) is 19.8 Å². The van der Waals surface area contributed by atoms with E-state index in [0.29, 0.717) is 19.4 Å². The Labute approximate surface area is 213 Å². The maximum Gasteiger partial charge on any atom is 0.266 e.